The van der Waals surface area contributed by atoms with Crippen LogP contribution in [0.2, 0.25) is 0 Å². The number of nitrogens with zero attached hydrogens (tertiary/aromatic N) is 5. The molecule has 1 aliphatic carbocycles. The number of carbonyl (C=O) groups excluding carboxylic acids is 3. The van der Waals surface area contributed by atoms with Crippen molar-refractivity contribution in [2.75, 3.05) is 13.1 Å². The van der Waals surface area contributed by atoms with Gasteiger partial charge < -0.3 is 19.6 Å². The molecule has 6 aromatic rings. The lowest BCUT2D eigenvalue weighted by molar-refractivity contribution is -0.137. The minimum absolute atomic E-state index is 0.0131. The van der Waals surface area contributed by atoms with E-state index in [1.54, 1.807) is 11.3 Å². The molecule has 3 amide bonds. The van der Waals surface area contributed by atoms with Crippen molar-refractivity contribution in [3.05, 3.63) is 137 Å². The van der Waals surface area contributed by atoms with Crippen LogP contribution in [0.25, 0.3) is 33.8 Å². The zero-order chi connectivity index (χ0) is 38.9. The molecule has 0 unspecified atom stereocenters. The second-order valence-electron chi connectivity index (χ2n) is 15.3. The van der Waals surface area contributed by atoms with Gasteiger partial charge in [0.2, 0.25) is 29.4 Å². The van der Waals surface area contributed by atoms with Gasteiger partial charge in [-0.25, -0.2) is 4.98 Å². The summed E-state index contributed by atoms with van der Waals surface area (Å²) in [6.45, 7) is 3.26. The SMILES string of the molecule is C[C@@H](C(=O)N1CCC[C@H]1c1nc(-c2ccc(-c3ccc(-c4csc([C@@H]5CCCN5C(=O)[C@H](NC(=O)C5CC5)c5ccccc5)n4)cc3)cc2)no1)c1ccccc1. The Kier molecular flexibility index (Phi) is 10.2. The summed E-state index contributed by atoms with van der Waals surface area (Å²) in [6, 6.07) is 34.8. The molecular formula is C46H44N6O4S. The molecule has 0 bridgehead atoms. The first-order chi connectivity index (χ1) is 27.9. The van der Waals surface area contributed by atoms with Gasteiger partial charge in [-0.2, -0.15) is 4.98 Å². The van der Waals surface area contributed by atoms with E-state index in [1.165, 1.54) is 0 Å². The Bertz CT molecular complexity index is 2360. The molecule has 2 aromatic heterocycles. The Morgan fingerprint density at radius 3 is 1.91 bits per heavy atom. The van der Waals surface area contributed by atoms with Crippen molar-refractivity contribution in [3.8, 4) is 33.8 Å². The second kappa shape index (κ2) is 15.9. The van der Waals surface area contributed by atoms with Gasteiger partial charge in [0.15, 0.2) is 0 Å². The fourth-order valence-corrected chi connectivity index (χ4v) is 9.09. The van der Waals surface area contributed by atoms with E-state index in [0.29, 0.717) is 24.8 Å². The molecule has 288 valence electrons. The topological polar surface area (TPSA) is 122 Å². The van der Waals surface area contributed by atoms with E-state index in [1.807, 2.05) is 89.5 Å². The van der Waals surface area contributed by atoms with Gasteiger partial charge in [-0.3, -0.25) is 14.4 Å². The van der Waals surface area contributed by atoms with E-state index < -0.39 is 6.04 Å². The monoisotopic (exact) mass is 776 g/mol. The minimum atomic E-state index is -0.708. The number of carbonyl (C=O) groups is 3. The molecule has 1 N–H and O–H groups in total. The highest BCUT2D eigenvalue weighted by Crippen LogP contribution is 2.39. The summed E-state index contributed by atoms with van der Waals surface area (Å²) in [7, 11) is 0. The van der Waals surface area contributed by atoms with Crippen LogP contribution in [0.3, 0.4) is 0 Å². The number of nitrogens with one attached hydrogen (secondary N) is 1. The average molecular weight is 777 g/mol. The summed E-state index contributed by atoms with van der Waals surface area (Å²) in [5, 5.41) is 10.3. The summed E-state index contributed by atoms with van der Waals surface area (Å²) in [4.78, 5) is 54.0. The van der Waals surface area contributed by atoms with Crippen molar-refractivity contribution < 1.29 is 18.9 Å². The van der Waals surface area contributed by atoms with Crippen LogP contribution in [0, 0.1) is 5.92 Å². The van der Waals surface area contributed by atoms with Gasteiger partial charge in [0, 0.05) is 35.5 Å². The zero-order valence-corrected chi connectivity index (χ0v) is 32.6. The van der Waals surface area contributed by atoms with Crippen LogP contribution >= 0.6 is 11.3 Å². The van der Waals surface area contributed by atoms with Crippen LogP contribution in [-0.2, 0) is 14.4 Å². The van der Waals surface area contributed by atoms with Crippen molar-refractivity contribution in [3.63, 3.8) is 0 Å². The van der Waals surface area contributed by atoms with Crippen LogP contribution in [-0.4, -0.2) is 55.7 Å². The van der Waals surface area contributed by atoms with Crippen molar-refractivity contribution in [2.45, 2.75) is 69.5 Å². The van der Waals surface area contributed by atoms with Gasteiger partial charge in [-0.1, -0.05) is 114 Å². The van der Waals surface area contributed by atoms with Gasteiger partial charge in [-0.15, -0.1) is 11.3 Å². The maximum atomic E-state index is 14.1. The van der Waals surface area contributed by atoms with E-state index in [0.717, 1.165) is 82.6 Å². The summed E-state index contributed by atoms with van der Waals surface area (Å²) < 4.78 is 5.75. The molecular weight excluding hydrogens is 733 g/mol. The van der Waals surface area contributed by atoms with E-state index in [-0.39, 0.29) is 41.6 Å². The van der Waals surface area contributed by atoms with Crippen molar-refractivity contribution in [2.24, 2.45) is 5.92 Å². The lowest BCUT2D eigenvalue weighted by Gasteiger charge is -2.28. The van der Waals surface area contributed by atoms with Crippen molar-refractivity contribution in [1.29, 1.82) is 0 Å². The number of hydrogen-bond donors (Lipinski definition) is 1. The van der Waals surface area contributed by atoms with Crippen LogP contribution in [0.15, 0.2) is 119 Å². The number of hydrogen-bond acceptors (Lipinski definition) is 8. The minimum Gasteiger partial charge on any atom is -0.340 e. The summed E-state index contributed by atoms with van der Waals surface area (Å²) in [6.07, 6.45) is 5.17. The number of thiazole rings is 1. The van der Waals surface area contributed by atoms with Crippen molar-refractivity contribution in [1.82, 2.24) is 30.2 Å². The van der Waals surface area contributed by atoms with Gasteiger partial charge in [-0.05, 0) is 67.7 Å². The molecule has 0 radical (unpaired) electrons. The lowest BCUT2D eigenvalue weighted by atomic mass is 9.99. The maximum absolute atomic E-state index is 14.1. The number of likely N-dealkylation sites (tertiary alicyclic amines) is 2. The highest BCUT2D eigenvalue weighted by atomic mass is 32.1. The maximum Gasteiger partial charge on any atom is 0.250 e. The lowest BCUT2D eigenvalue weighted by Crippen LogP contribution is -2.43. The van der Waals surface area contributed by atoms with Crippen LogP contribution in [0.4, 0.5) is 0 Å². The zero-order valence-electron chi connectivity index (χ0n) is 31.8. The largest absolute Gasteiger partial charge is 0.340 e. The summed E-state index contributed by atoms with van der Waals surface area (Å²) >= 11 is 1.58. The molecule has 11 heteroatoms. The predicted octanol–water partition coefficient (Wildman–Crippen LogP) is 8.93. The Morgan fingerprint density at radius 2 is 1.26 bits per heavy atom. The smallest absolute Gasteiger partial charge is 0.250 e. The highest BCUT2D eigenvalue weighted by molar-refractivity contribution is 7.10. The quantitative estimate of drug-likeness (QED) is 0.140. The Labute approximate surface area is 336 Å². The van der Waals surface area contributed by atoms with Crippen LogP contribution in [0.1, 0.15) is 91.5 Å². The molecule has 3 aliphatic rings. The molecule has 9 rings (SSSR count). The number of rotatable bonds is 11. The fraction of sp³-hybridized carbons (Fsp3) is 0.304. The number of aromatic nitrogens is 3. The molecule has 4 atom stereocenters. The van der Waals surface area contributed by atoms with E-state index in [4.69, 9.17) is 14.5 Å². The summed E-state index contributed by atoms with van der Waals surface area (Å²) in [5.41, 5.74) is 6.64. The summed E-state index contributed by atoms with van der Waals surface area (Å²) in [5.74, 6) is 0.697. The molecule has 2 saturated heterocycles. The third-order valence-electron chi connectivity index (χ3n) is 11.5. The van der Waals surface area contributed by atoms with E-state index >= 15 is 0 Å². The Balaban J connectivity index is 0.855. The van der Waals surface area contributed by atoms with Gasteiger partial charge in [0.25, 0.3) is 0 Å². The molecule has 2 aliphatic heterocycles. The second-order valence-corrected chi connectivity index (χ2v) is 16.2. The fourth-order valence-electron chi connectivity index (χ4n) is 8.12. The van der Waals surface area contributed by atoms with E-state index in [9.17, 15) is 14.4 Å². The molecule has 57 heavy (non-hydrogen) atoms. The third-order valence-corrected chi connectivity index (χ3v) is 12.5. The highest BCUT2D eigenvalue weighted by Gasteiger charge is 2.39. The first-order valence-corrected chi connectivity index (χ1v) is 20.8. The first kappa shape index (κ1) is 36.7. The third kappa shape index (κ3) is 7.64. The van der Waals surface area contributed by atoms with Crippen LogP contribution < -0.4 is 5.32 Å². The molecule has 0 spiro atoms. The number of amides is 3. The van der Waals surface area contributed by atoms with Crippen molar-refractivity contribution >= 4 is 29.1 Å². The van der Waals surface area contributed by atoms with Gasteiger partial charge >= 0.3 is 0 Å². The molecule has 4 aromatic carbocycles. The first-order valence-electron chi connectivity index (χ1n) is 19.9. The molecule has 4 heterocycles. The average Bonchev–Trinajstić information content (AvgIpc) is 3.71. The van der Waals surface area contributed by atoms with Crippen LogP contribution in [0.5, 0.6) is 0 Å². The molecule has 10 nitrogen and oxygen atoms in total. The van der Waals surface area contributed by atoms with Gasteiger partial charge in [0.1, 0.15) is 17.1 Å². The Hall–Kier alpha value is -5.94. The molecule has 3 fully saturated rings. The predicted molar refractivity (Wildman–Crippen MR) is 219 cm³/mol. The normalized spacial score (nSPS) is 19.0. The molecule has 1 saturated carbocycles. The van der Waals surface area contributed by atoms with E-state index in [2.05, 4.69) is 52.3 Å². The standard InChI is InChI=1S/C46H44N6O4S/c1-29(30-10-4-2-5-11-30)45(54)51-26-8-14-38(51)43-49-41(50-56-43)35-22-18-32(19-23-35)31-16-20-33(21-17-31)37-28-57-44(47-37)39-15-9-27-52(39)46(55)40(34-12-6-3-7-13-34)48-42(53)36-24-25-36/h2-7,10-13,16-23,28-29,36,38-40H,8-9,14-15,24-27H2,1H3,(H,48,53)/t29-,38+,39+,40-/m1/s1. The van der Waals surface area contributed by atoms with Gasteiger partial charge in [0.05, 0.1) is 17.7 Å². The number of benzene rings is 4. The Morgan fingerprint density at radius 1 is 0.684 bits per heavy atom.